The molecule has 1 unspecified atom stereocenters. The van der Waals surface area contributed by atoms with E-state index >= 15 is 0 Å². The molecule has 0 fully saturated rings. The lowest BCUT2D eigenvalue weighted by atomic mass is 9.74. The third kappa shape index (κ3) is 3.53. The van der Waals surface area contributed by atoms with Crippen LogP contribution in [0.15, 0.2) is 6.20 Å². The molecule has 0 radical (unpaired) electrons. The van der Waals surface area contributed by atoms with E-state index in [1.54, 1.807) is 0 Å². The number of aryl methyl sites for hydroxylation is 1. The van der Waals surface area contributed by atoms with Gasteiger partial charge >= 0.3 is 0 Å². The van der Waals surface area contributed by atoms with Crippen molar-refractivity contribution in [2.24, 2.45) is 11.3 Å². The second kappa shape index (κ2) is 5.58. The number of nitrogens with one attached hydrogen (secondary N) is 1. The molecular formula is C16H27N3. The Labute approximate surface area is 117 Å². The van der Waals surface area contributed by atoms with Crippen molar-refractivity contribution in [1.29, 1.82) is 0 Å². The summed E-state index contributed by atoms with van der Waals surface area (Å²) in [6.07, 6.45) is 6.44. The van der Waals surface area contributed by atoms with Gasteiger partial charge in [0.2, 0.25) is 0 Å². The van der Waals surface area contributed by atoms with Crippen molar-refractivity contribution in [1.82, 2.24) is 15.3 Å². The van der Waals surface area contributed by atoms with Crippen LogP contribution in [0.1, 0.15) is 63.7 Å². The van der Waals surface area contributed by atoms with Crippen LogP contribution in [-0.4, -0.2) is 17.0 Å². The molecule has 2 rings (SSSR count). The van der Waals surface area contributed by atoms with Crippen LogP contribution in [0.4, 0.5) is 0 Å². The summed E-state index contributed by atoms with van der Waals surface area (Å²) in [5.74, 6) is 1.72. The lowest BCUT2D eigenvalue weighted by Gasteiger charge is -2.36. The zero-order chi connectivity index (χ0) is 14.0. The Hall–Kier alpha value is -0.960. The van der Waals surface area contributed by atoms with Gasteiger partial charge in [0.1, 0.15) is 5.82 Å². The van der Waals surface area contributed by atoms with Gasteiger partial charge in [0.25, 0.3) is 0 Å². The predicted octanol–water partition coefficient (Wildman–Crippen LogP) is 3.30. The number of rotatable bonds is 4. The molecule has 0 saturated heterocycles. The molecule has 1 aromatic heterocycles. The zero-order valence-corrected chi connectivity index (χ0v) is 13.0. The fourth-order valence-corrected chi connectivity index (χ4v) is 2.88. The minimum atomic E-state index is 0.324. The second-order valence-electron chi connectivity index (χ2n) is 7.01. The van der Waals surface area contributed by atoms with Gasteiger partial charge in [-0.25, -0.2) is 9.97 Å². The van der Waals surface area contributed by atoms with E-state index in [-0.39, 0.29) is 0 Å². The molecule has 1 aliphatic rings. The van der Waals surface area contributed by atoms with Gasteiger partial charge in [-0.05, 0) is 37.6 Å². The molecule has 106 valence electrons. The van der Waals surface area contributed by atoms with Crippen molar-refractivity contribution in [3.63, 3.8) is 0 Å². The Balaban J connectivity index is 2.23. The Bertz CT molecular complexity index is 438. The van der Waals surface area contributed by atoms with Crippen molar-refractivity contribution >= 4 is 0 Å². The quantitative estimate of drug-likeness (QED) is 0.903. The molecule has 0 spiro atoms. The van der Waals surface area contributed by atoms with E-state index in [0.717, 1.165) is 31.5 Å². The third-order valence-corrected chi connectivity index (χ3v) is 4.02. The SMILES string of the molecule is CNC1CC(C)(C)Cc2nc(CCC(C)C)ncc21. The molecule has 1 aromatic rings. The first kappa shape index (κ1) is 14.4. The summed E-state index contributed by atoms with van der Waals surface area (Å²) in [6, 6.07) is 0.401. The molecule has 0 amide bonds. The number of fused-ring (bicyclic) bond motifs is 1. The maximum atomic E-state index is 4.83. The lowest BCUT2D eigenvalue weighted by molar-refractivity contribution is 0.259. The van der Waals surface area contributed by atoms with E-state index in [4.69, 9.17) is 4.98 Å². The van der Waals surface area contributed by atoms with E-state index in [2.05, 4.69) is 44.2 Å². The van der Waals surface area contributed by atoms with Gasteiger partial charge in [-0.15, -0.1) is 0 Å². The number of hydrogen-bond donors (Lipinski definition) is 1. The van der Waals surface area contributed by atoms with Gasteiger partial charge in [-0.2, -0.15) is 0 Å². The largest absolute Gasteiger partial charge is 0.313 e. The van der Waals surface area contributed by atoms with Gasteiger partial charge < -0.3 is 5.32 Å². The van der Waals surface area contributed by atoms with Gasteiger partial charge in [0.05, 0.1) is 0 Å². The van der Waals surface area contributed by atoms with Crippen molar-refractivity contribution < 1.29 is 0 Å². The summed E-state index contributed by atoms with van der Waals surface area (Å²) < 4.78 is 0. The topological polar surface area (TPSA) is 37.8 Å². The minimum Gasteiger partial charge on any atom is -0.313 e. The first-order valence-electron chi connectivity index (χ1n) is 7.43. The Kier molecular flexibility index (Phi) is 4.24. The first-order valence-corrected chi connectivity index (χ1v) is 7.43. The molecule has 0 aromatic carbocycles. The normalized spacial score (nSPS) is 21.5. The summed E-state index contributed by atoms with van der Waals surface area (Å²) in [4.78, 5) is 9.39. The monoisotopic (exact) mass is 261 g/mol. The summed E-state index contributed by atoms with van der Waals surface area (Å²) >= 11 is 0. The third-order valence-electron chi connectivity index (χ3n) is 4.02. The molecule has 0 saturated carbocycles. The fourth-order valence-electron chi connectivity index (χ4n) is 2.88. The van der Waals surface area contributed by atoms with Gasteiger partial charge in [-0.3, -0.25) is 0 Å². The van der Waals surface area contributed by atoms with E-state index < -0.39 is 0 Å². The maximum absolute atomic E-state index is 4.83. The average molecular weight is 261 g/mol. The van der Waals surface area contributed by atoms with Crippen LogP contribution < -0.4 is 5.32 Å². The van der Waals surface area contributed by atoms with Crippen LogP contribution in [0.5, 0.6) is 0 Å². The average Bonchev–Trinajstić information content (AvgIpc) is 2.33. The lowest BCUT2D eigenvalue weighted by Crippen LogP contribution is -2.32. The molecule has 3 nitrogen and oxygen atoms in total. The summed E-state index contributed by atoms with van der Waals surface area (Å²) in [5, 5.41) is 3.41. The Morgan fingerprint density at radius 2 is 2.16 bits per heavy atom. The highest BCUT2D eigenvalue weighted by atomic mass is 14.9. The zero-order valence-electron chi connectivity index (χ0n) is 13.0. The van der Waals surface area contributed by atoms with Gasteiger partial charge in [0, 0.05) is 29.9 Å². The highest BCUT2D eigenvalue weighted by Gasteiger charge is 2.32. The molecule has 19 heavy (non-hydrogen) atoms. The molecule has 0 aliphatic heterocycles. The number of nitrogens with zero attached hydrogens (tertiary/aromatic N) is 2. The van der Waals surface area contributed by atoms with Crippen LogP contribution in [0.3, 0.4) is 0 Å². The van der Waals surface area contributed by atoms with Gasteiger partial charge in [0.15, 0.2) is 0 Å². The standard InChI is InChI=1S/C16H27N3/c1-11(2)6-7-15-18-10-12-13(17-5)8-16(3,4)9-14(12)19-15/h10-11,13,17H,6-9H2,1-5H3. The fraction of sp³-hybridized carbons (Fsp3) is 0.750. The van der Waals surface area contributed by atoms with Crippen LogP contribution in [0.2, 0.25) is 0 Å². The summed E-state index contributed by atoms with van der Waals surface area (Å²) in [7, 11) is 2.03. The summed E-state index contributed by atoms with van der Waals surface area (Å²) in [6.45, 7) is 9.16. The van der Waals surface area contributed by atoms with Gasteiger partial charge in [-0.1, -0.05) is 27.7 Å². The predicted molar refractivity (Wildman–Crippen MR) is 79.1 cm³/mol. The highest BCUT2D eigenvalue weighted by Crippen LogP contribution is 2.39. The molecule has 3 heteroatoms. The smallest absolute Gasteiger partial charge is 0.128 e. The molecule has 1 atom stereocenters. The van der Waals surface area contributed by atoms with Crippen molar-refractivity contribution in [2.75, 3.05) is 7.05 Å². The van der Waals surface area contributed by atoms with E-state index in [1.807, 2.05) is 7.05 Å². The number of hydrogen-bond acceptors (Lipinski definition) is 3. The second-order valence-corrected chi connectivity index (χ2v) is 7.01. The first-order chi connectivity index (χ1) is 8.91. The summed E-state index contributed by atoms with van der Waals surface area (Å²) in [5.41, 5.74) is 2.88. The molecular weight excluding hydrogens is 234 g/mol. The number of aromatic nitrogens is 2. The molecule has 1 aliphatic carbocycles. The highest BCUT2D eigenvalue weighted by molar-refractivity contribution is 5.26. The molecule has 1 N–H and O–H groups in total. The van der Waals surface area contributed by atoms with Crippen molar-refractivity contribution in [3.8, 4) is 0 Å². The minimum absolute atomic E-state index is 0.324. The van der Waals surface area contributed by atoms with Crippen LogP contribution in [0.25, 0.3) is 0 Å². The van der Waals surface area contributed by atoms with E-state index in [9.17, 15) is 0 Å². The van der Waals surface area contributed by atoms with E-state index in [0.29, 0.717) is 17.4 Å². The van der Waals surface area contributed by atoms with Crippen molar-refractivity contribution in [3.05, 3.63) is 23.3 Å². The van der Waals surface area contributed by atoms with Crippen LogP contribution >= 0.6 is 0 Å². The Morgan fingerprint density at radius 1 is 1.42 bits per heavy atom. The maximum Gasteiger partial charge on any atom is 0.128 e. The molecule has 1 heterocycles. The van der Waals surface area contributed by atoms with E-state index in [1.165, 1.54) is 11.3 Å². The van der Waals surface area contributed by atoms with Crippen LogP contribution in [-0.2, 0) is 12.8 Å². The van der Waals surface area contributed by atoms with Crippen LogP contribution in [0, 0.1) is 11.3 Å². The molecule has 0 bridgehead atoms. The van der Waals surface area contributed by atoms with Crippen molar-refractivity contribution in [2.45, 2.75) is 59.4 Å². The Morgan fingerprint density at radius 3 is 2.79 bits per heavy atom.